The Labute approximate surface area is 364 Å². The maximum absolute atomic E-state index is 6.37. The lowest BCUT2D eigenvalue weighted by Crippen LogP contribution is -2.00. The molecule has 7 nitrogen and oxygen atoms in total. The van der Waals surface area contributed by atoms with Crippen molar-refractivity contribution >= 4 is 75.4 Å². The van der Waals surface area contributed by atoms with Crippen molar-refractivity contribution in [3.63, 3.8) is 0 Å². The van der Waals surface area contributed by atoms with Gasteiger partial charge in [-0.05, 0) is 60.7 Å². The van der Waals surface area contributed by atoms with E-state index >= 15 is 0 Å². The predicted octanol–water partition coefficient (Wildman–Crippen LogP) is 14.4. The Morgan fingerprint density at radius 1 is 0.397 bits per heavy atom. The molecule has 0 amide bonds. The van der Waals surface area contributed by atoms with E-state index in [1.807, 2.05) is 54.6 Å². The lowest BCUT2D eigenvalue weighted by molar-refractivity contribution is 0.667. The highest BCUT2D eigenvalue weighted by molar-refractivity contribution is 7.25. The fourth-order valence-corrected chi connectivity index (χ4v) is 10.1. The first-order valence-corrected chi connectivity index (χ1v) is 21.6. The average molecular weight is 825 g/mol. The van der Waals surface area contributed by atoms with Gasteiger partial charge in [0.2, 0.25) is 0 Å². The van der Waals surface area contributed by atoms with E-state index in [0.29, 0.717) is 28.9 Å². The van der Waals surface area contributed by atoms with Crippen molar-refractivity contribution in [2.45, 2.75) is 0 Å². The Hall–Kier alpha value is -8.33. The summed E-state index contributed by atoms with van der Waals surface area (Å²) in [6.45, 7) is 0. The molecule has 0 aliphatic rings. The summed E-state index contributed by atoms with van der Waals surface area (Å²) in [7, 11) is 0. The van der Waals surface area contributed by atoms with Crippen molar-refractivity contribution in [3.05, 3.63) is 194 Å². The van der Waals surface area contributed by atoms with E-state index in [9.17, 15) is 0 Å². The number of furan rings is 1. The van der Waals surface area contributed by atoms with Crippen molar-refractivity contribution < 1.29 is 4.42 Å². The molecule has 8 heteroatoms. The summed E-state index contributed by atoms with van der Waals surface area (Å²) in [5, 5.41) is 5.49. The molecule has 0 N–H and O–H groups in total. The predicted molar refractivity (Wildman–Crippen MR) is 257 cm³/mol. The van der Waals surface area contributed by atoms with Gasteiger partial charge in [0.25, 0.3) is 0 Å². The van der Waals surface area contributed by atoms with Gasteiger partial charge < -0.3 is 8.98 Å². The number of hydrogen-bond acceptors (Lipinski definition) is 7. The third-order valence-electron chi connectivity index (χ3n) is 11.9. The molecule has 5 heterocycles. The molecule has 294 valence electrons. The van der Waals surface area contributed by atoms with Crippen LogP contribution in [0.1, 0.15) is 0 Å². The largest absolute Gasteiger partial charge is 0.452 e. The molecule has 13 aromatic rings. The number of rotatable bonds is 6. The second-order valence-electron chi connectivity index (χ2n) is 15.6. The van der Waals surface area contributed by atoms with Crippen LogP contribution in [0.25, 0.3) is 127 Å². The zero-order chi connectivity index (χ0) is 41.4. The van der Waals surface area contributed by atoms with E-state index in [-0.39, 0.29) is 0 Å². The Morgan fingerprint density at radius 3 is 1.86 bits per heavy atom. The monoisotopic (exact) mass is 824 g/mol. The molecule has 13 rings (SSSR count). The number of thiophene rings is 1. The van der Waals surface area contributed by atoms with Gasteiger partial charge in [0.15, 0.2) is 28.9 Å². The molecule has 0 spiro atoms. The van der Waals surface area contributed by atoms with E-state index in [0.717, 1.165) is 93.0 Å². The molecule has 0 aliphatic heterocycles. The zero-order valence-electron chi connectivity index (χ0n) is 33.5. The molecule has 0 saturated carbocycles. The maximum atomic E-state index is 6.37. The van der Waals surface area contributed by atoms with Crippen LogP contribution in [-0.4, -0.2) is 29.5 Å². The summed E-state index contributed by atoms with van der Waals surface area (Å²) < 4.78 is 11.0. The Morgan fingerprint density at radius 2 is 1.03 bits per heavy atom. The standard InChI is InChI=1S/C55H32N6OS/c1-4-15-33(16-5-1)49-51-50(40-22-11-13-26-45(40)62-51)57-53(56-49)36-27-29-38-42-31-35(28-30-46(42)63-47(38)32-36)54-58-52(34-17-6-2-7-18-34)59-55(60-54)41-23-14-25-44-48(41)39-21-10-12-24-43(39)61(44)37-19-8-3-9-20-37/h1-32H. The molecule has 0 unspecified atom stereocenters. The van der Waals surface area contributed by atoms with E-state index < -0.39 is 0 Å². The summed E-state index contributed by atoms with van der Waals surface area (Å²) >= 11 is 1.76. The number of nitrogens with zero attached hydrogens (tertiary/aromatic N) is 6. The Balaban J connectivity index is 0.965. The first-order chi connectivity index (χ1) is 31.2. The molecule has 0 bridgehead atoms. The van der Waals surface area contributed by atoms with E-state index in [1.165, 1.54) is 4.70 Å². The minimum Gasteiger partial charge on any atom is -0.452 e. The highest BCUT2D eigenvalue weighted by Gasteiger charge is 2.21. The van der Waals surface area contributed by atoms with Crippen molar-refractivity contribution in [1.29, 1.82) is 0 Å². The van der Waals surface area contributed by atoms with Gasteiger partial charge >= 0.3 is 0 Å². The fourth-order valence-electron chi connectivity index (χ4n) is 8.97. The minimum absolute atomic E-state index is 0.614. The van der Waals surface area contributed by atoms with Crippen LogP contribution in [0.5, 0.6) is 0 Å². The molecule has 63 heavy (non-hydrogen) atoms. The van der Waals surface area contributed by atoms with Crippen LogP contribution in [0.15, 0.2) is 199 Å². The first-order valence-electron chi connectivity index (χ1n) is 20.8. The third-order valence-corrected chi connectivity index (χ3v) is 13.0. The van der Waals surface area contributed by atoms with Gasteiger partial charge in [-0.15, -0.1) is 11.3 Å². The SMILES string of the molecule is c1ccc(-c2nc(-c3ccc4sc5cc(-c6nc(-c7ccccc7)c7oc8ccccc8c7n6)ccc5c4c3)nc(-c3cccc4c3c3ccccc3n4-c3ccccc3)n2)cc1. The molecule has 0 radical (unpaired) electrons. The fraction of sp³-hybridized carbons (Fsp3) is 0. The van der Waals surface area contributed by atoms with Crippen LogP contribution in [0.4, 0.5) is 0 Å². The van der Waals surface area contributed by atoms with Crippen molar-refractivity contribution in [3.8, 4) is 62.5 Å². The topological polar surface area (TPSA) is 82.5 Å². The Kier molecular flexibility index (Phi) is 7.94. The lowest BCUT2D eigenvalue weighted by Gasteiger charge is -2.10. The van der Waals surface area contributed by atoms with E-state index in [4.69, 9.17) is 29.3 Å². The number of para-hydroxylation sites is 3. The first kappa shape index (κ1) is 35.4. The molecular weight excluding hydrogens is 793 g/mol. The smallest absolute Gasteiger partial charge is 0.180 e. The Bertz CT molecular complexity index is 3910. The van der Waals surface area contributed by atoms with Crippen LogP contribution < -0.4 is 0 Å². The summed E-state index contributed by atoms with van der Waals surface area (Å²) in [6, 6.07) is 66.9. The summed E-state index contributed by atoms with van der Waals surface area (Å²) in [4.78, 5) is 25.9. The normalized spacial score (nSPS) is 11.8. The average Bonchev–Trinajstić information content (AvgIpc) is 4.03. The molecule has 8 aromatic carbocycles. The van der Waals surface area contributed by atoms with E-state index in [2.05, 4.69) is 144 Å². The molecule has 0 saturated heterocycles. The molecule has 0 atom stereocenters. The molecule has 5 aromatic heterocycles. The quantitative estimate of drug-likeness (QED) is 0.166. The second-order valence-corrected chi connectivity index (χ2v) is 16.7. The van der Waals surface area contributed by atoms with Crippen molar-refractivity contribution in [2.24, 2.45) is 0 Å². The van der Waals surface area contributed by atoms with Gasteiger partial charge in [0, 0.05) is 69.8 Å². The van der Waals surface area contributed by atoms with Crippen LogP contribution in [0.2, 0.25) is 0 Å². The van der Waals surface area contributed by atoms with Gasteiger partial charge in [-0.25, -0.2) is 24.9 Å². The second kappa shape index (κ2) is 14.1. The zero-order valence-corrected chi connectivity index (χ0v) is 34.3. The van der Waals surface area contributed by atoms with Gasteiger partial charge in [-0.1, -0.05) is 133 Å². The summed E-state index contributed by atoms with van der Waals surface area (Å²) in [6.07, 6.45) is 0. The molecule has 0 aliphatic carbocycles. The van der Waals surface area contributed by atoms with Crippen molar-refractivity contribution in [2.75, 3.05) is 0 Å². The molecular formula is C55H32N6OS. The van der Waals surface area contributed by atoms with Gasteiger partial charge in [-0.3, -0.25) is 0 Å². The van der Waals surface area contributed by atoms with Crippen LogP contribution in [0.3, 0.4) is 0 Å². The van der Waals surface area contributed by atoms with E-state index in [1.54, 1.807) is 11.3 Å². The number of fused-ring (bicyclic) bond motifs is 9. The van der Waals surface area contributed by atoms with Crippen LogP contribution in [0, 0.1) is 0 Å². The summed E-state index contributed by atoms with van der Waals surface area (Å²) in [5.74, 6) is 2.51. The number of benzene rings is 8. The minimum atomic E-state index is 0.614. The van der Waals surface area contributed by atoms with Crippen LogP contribution in [-0.2, 0) is 0 Å². The highest BCUT2D eigenvalue weighted by atomic mass is 32.1. The van der Waals surface area contributed by atoms with Gasteiger partial charge in [-0.2, -0.15) is 0 Å². The highest BCUT2D eigenvalue weighted by Crippen LogP contribution is 2.42. The van der Waals surface area contributed by atoms with Gasteiger partial charge in [0.05, 0.1) is 11.0 Å². The van der Waals surface area contributed by atoms with Crippen molar-refractivity contribution in [1.82, 2.24) is 29.5 Å². The maximum Gasteiger partial charge on any atom is 0.180 e. The van der Waals surface area contributed by atoms with Crippen LogP contribution >= 0.6 is 11.3 Å². The third kappa shape index (κ3) is 5.76. The number of aromatic nitrogens is 6. The summed E-state index contributed by atoms with van der Waals surface area (Å²) in [5.41, 5.74) is 11.1. The lowest BCUT2D eigenvalue weighted by atomic mass is 10.0. The van der Waals surface area contributed by atoms with Gasteiger partial charge in [0.1, 0.15) is 16.8 Å². The molecule has 0 fully saturated rings. The number of hydrogen-bond donors (Lipinski definition) is 0.